The Balaban J connectivity index is 2.44. The first kappa shape index (κ1) is 9.48. The Labute approximate surface area is 72.1 Å². The van der Waals surface area contributed by atoms with Crippen LogP contribution in [0.5, 0.6) is 0 Å². The highest BCUT2D eigenvalue weighted by atomic mass is 16.5. The summed E-state index contributed by atoms with van der Waals surface area (Å²) in [6.45, 7) is 0.266. The van der Waals surface area contributed by atoms with Gasteiger partial charge in [-0.2, -0.15) is 0 Å². The summed E-state index contributed by atoms with van der Waals surface area (Å²) in [5.41, 5.74) is 0. The van der Waals surface area contributed by atoms with Gasteiger partial charge in [-0.05, 0) is 19.9 Å². The molecule has 1 unspecified atom stereocenters. The van der Waals surface area contributed by atoms with E-state index < -0.39 is 12.0 Å². The molecule has 1 N–H and O–H groups in total. The molecule has 0 spiro atoms. The van der Waals surface area contributed by atoms with E-state index in [1.54, 1.807) is 0 Å². The Morgan fingerprint density at radius 3 is 2.67 bits per heavy atom. The van der Waals surface area contributed by atoms with Crippen LogP contribution in [0.4, 0.5) is 0 Å². The second-order valence-corrected chi connectivity index (χ2v) is 3.21. The highest BCUT2D eigenvalue weighted by Crippen LogP contribution is 2.27. The maximum Gasteiger partial charge on any atom is 0.323 e. The van der Waals surface area contributed by atoms with Crippen LogP contribution in [0.3, 0.4) is 0 Å². The zero-order valence-corrected chi connectivity index (χ0v) is 7.49. The topological polar surface area (TPSA) is 49.8 Å². The SMILES string of the molecule is COCC(C(=O)O)N(C)C1CC1. The zero-order valence-electron chi connectivity index (χ0n) is 7.49. The minimum atomic E-state index is -0.800. The van der Waals surface area contributed by atoms with E-state index in [1.807, 2.05) is 11.9 Å². The molecule has 4 nitrogen and oxygen atoms in total. The standard InChI is InChI=1S/C8H15NO3/c1-9(6-3-4-6)7(5-12-2)8(10)11/h6-7H,3-5H2,1-2H3,(H,10,11). The summed E-state index contributed by atoms with van der Waals surface area (Å²) in [4.78, 5) is 12.6. The molecule has 0 bridgehead atoms. The summed E-state index contributed by atoms with van der Waals surface area (Å²) in [5.74, 6) is -0.800. The first-order chi connectivity index (χ1) is 5.66. The van der Waals surface area contributed by atoms with Crippen molar-refractivity contribution in [1.82, 2.24) is 4.90 Å². The number of ether oxygens (including phenoxy) is 1. The van der Waals surface area contributed by atoms with Gasteiger partial charge in [0.1, 0.15) is 6.04 Å². The van der Waals surface area contributed by atoms with Crippen molar-refractivity contribution in [3.8, 4) is 0 Å². The summed E-state index contributed by atoms with van der Waals surface area (Å²) < 4.78 is 4.84. The average Bonchev–Trinajstić information content (AvgIpc) is 2.80. The molecule has 70 valence electrons. The van der Waals surface area contributed by atoms with Gasteiger partial charge in [0.15, 0.2) is 0 Å². The molecule has 1 fully saturated rings. The van der Waals surface area contributed by atoms with Gasteiger partial charge in [-0.25, -0.2) is 0 Å². The predicted molar refractivity (Wildman–Crippen MR) is 44.1 cm³/mol. The van der Waals surface area contributed by atoms with Crippen LogP contribution in [-0.4, -0.2) is 48.8 Å². The van der Waals surface area contributed by atoms with Gasteiger partial charge >= 0.3 is 5.97 Å². The summed E-state index contributed by atoms with van der Waals surface area (Å²) in [6.07, 6.45) is 2.23. The highest BCUT2D eigenvalue weighted by Gasteiger charge is 2.34. The van der Waals surface area contributed by atoms with E-state index in [-0.39, 0.29) is 6.61 Å². The minimum Gasteiger partial charge on any atom is -0.480 e. The lowest BCUT2D eigenvalue weighted by Gasteiger charge is -2.23. The molecule has 0 aromatic heterocycles. The number of carboxylic acids is 1. The number of hydrogen-bond acceptors (Lipinski definition) is 3. The molecule has 1 aliphatic rings. The second kappa shape index (κ2) is 3.87. The van der Waals surface area contributed by atoms with E-state index in [0.717, 1.165) is 12.8 Å². The van der Waals surface area contributed by atoms with E-state index in [0.29, 0.717) is 6.04 Å². The van der Waals surface area contributed by atoms with Crippen LogP contribution in [0.1, 0.15) is 12.8 Å². The van der Waals surface area contributed by atoms with Gasteiger partial charge in [0, 0.05) is 13.2 Å². The predicted octanol–water partition coefficient (Wildman–Crippen LogP) is 0.180. The normalized spacial score (nSPS) is 19.6. The summed E-state index contributed by atoms with van der Waals surface area (Å²) >= 11 is 0. The van der Waals surface area contributed by atoms with Crippen molar-refractivity contribution in [2.45, 2.75) is 24.9 Å². The molecule has 0 heterocycles. The third-order valence-corrected chi connectivity index (χ3v) is 2.22. The smallest absolute Gasteiger partial charge is 0.323 e. The van der Waals surface area contributed by atoms with Crippen LogP contribution in [0.15, 0.2) is 0 Å². The molecule has 1 aliphatic carbocycles. The van der Waals surface area contributed by atoms with Gasteiger partial charge in [0.25, 0.3) is 0 Å². The number of rotatable bonds is 5. The molecule has 4 heteroatoms. The quantitative estimate of drug-likeness (QED) is 0.644. The first-order valence-electron chi connectivity index (χ1n) is 4.10. The Morgan fingerprint density at radius 2 is 2.33 bits per heavy atom. The van der Waals surface area contributed by atoms with Crippen molar-refractivity contribution in [3.05, 3.63) is 0 Å². The molecule has 0 aromatic rings. The van der Waals surface area contributed by atoms with Crippen molar-refractivity contribution < 1.29 is 14.6 Å². The highest BCUT2D eigenvalue weighted by molar-refractivity contribution is 5.73. The van der Waals surface area contributed by atoms with Crippen molar-refractivity contribution in [3.63, 3.8) is 0 Å². The number of nitrogens with zero attached hydrogens (tertiary/aromatic N) is 1. The number of carbonyl (C=O) groups is 1. The number of hydrogen-bond donors (Lipinski definition) is 1. The van der Waals surface area contributed by atoms with Crippen LogP contribution in [0, 0.1) is 0 Å². The number of likely N-dealkylation sites (N-methyl/N-ethyl adjacent to an activating group) is 1. The van der Waals surface area contributed by atoms with Crippen molar-refractivity contribution >= 4 is 5.97 Å². The van der Waals surface area contributed by atoms with E-state index in [4.69, 9.17) is 9.84 Å². The van der Waals surface area contributed by atoms with Gasteiger partial charge in [-0.15, -0.1) is 0 Å². The van der Waals surface area contributed by atoms with E-state index in [1.165, 1.54) is 7.11 Å². The fourth-order valence-corrected chi connectivity index (χ4v) is 1.26. The molecule has 0 amide bonds. The van der Waals surface area contributed by atoms with Crippen LogP contribution >= 0.6 is 0 Å². The Kier molecular flexibility index (Phi) is 3.05. The first-order valence-corrected chi connectivity index (χ1v) is 4.10. The minimum absolute atomic E-state index is 0.266. The van der Waals surface area contributed by atoms with Gasteiger partial charge in [0.05, 0.1) is 6.61 Å². The largest absolute Gasteiger partial charge is 0.480 e. The van der Waals surface area contributed by atoms with Crippen LogP contribution in [0.2, 0.25) is 0 Å². The van der Waals surface area contributed by atoms with Gasteiger partial charge in [0.2, 0.25) is 0 Å². The molecule has 0 radical (unpaired) electrons. The molecular weight excluding hydrogens is 158 g/mol. The fourth-order valence-electron chi connectivity index (χ4n) is 1.26. The molecule has 1 saturated carbocycles. The van der Waals surface area contributed by atoms with Gasteiger partial charge < -0.3 is 9.84 Å². The van der Waals surface area contributed by atoms with Crippen LogP contribution in [-0.2, 0) is 9.53 Å². The molecule has 12 heavy (non-hydrogen) atoms. The van der Waals surface area contributed by atoms with E-state index in [2.05, 4.69) is 0 Å². The lowest BCUT2D eigenvalue weighted by atomic mass is 10.3. The summed E-state index contributed by atoms with van der Waals surface area (Å²) in [6, 6.07) is -0.0243. The lowest BCUT2D eigenvalue weighted by molar-refractivity contribution is -0.145. The van der Waals surface area contributed by atoms with Crippen molar-refractivity contribution in [1.29, 1.82) is 0 Å². The lowest BCUT2D eigenvalue weighted by Crippen LogP contribution is -2.42. The molecule has 1 rings (SSSR count). The molecule has 0 saturated heterocycles. The third kappa shape index (κ3) is 2.19. The Bertz CT molecular complexity index is 168. The average molecular weight is 173 g/mol. The fraction of sp³-hybridized carbons (Fsp3) is 0.875. The van der Waals surface area contributed by atoms with Crippen LogP contribution in [0.25, 0.3) is 0 Å². The maximum atomic E-state index is 10.7. The Morgan fingerprint density at radius 1 is 1.75 bits per heavy atom. The third-order valence-electron chi connectivity index (χ3n) is 2.22. The molecule has 1 atom stereocenters. The zero-order chi connectivity index (χ0) is 9.14. The van der Waals surface area contributed by atoms with Gasteiger partial charge in [-0.1, -0.05) is 0 Å². The second-order valence-electron chi connectivity index (χ2n) is 3.21. The van der Waals surface area contributed by atoms with E-state index >= 15 is 0 Å². The monoisotopic (exact) mass is 173 g/mol. The van der Waals surface area contributed by atoms with Crippen LogP contribution < -0.4 is 0 Å². The summed E-state index contributed by atoms with van der Waals surface area (Å²) in [7, 11) is 3.37. The van der Waals surface area contributed by atoms with E-state index in [9.17, 15) is 4.79 Å². The molecule has 0 aromatic carbocycles. The number of carboxylic acid groups (broad SMARTS) is 1. The number of aliphatic carboxylic acids is 1. The maximum absolute atomic E-state index is 10.7. The number of methoxy groups -OCH3 is 1. The summed E-state index contributed by atoms with van der Waals surface area (Å²) in [5, 5.41) is 8.83. The van der Waals surface area contributed by atoms with Crippen molar-refractivity contribution in [2.75, 3.05) is 20.8 Å². The van der Waals surface area contributed by atoms with Crippen molar-refractivity contribution in [2.24, 2.45) is 0 Å². The Hall–Kier alpha value is -0.610. The molecular formula is C8H15NO3. The molecule has 0 aliphatic heterocycles. The van der Waals surface area contributed by atoms with Gasteiger partial charge in [-0.3, -0.25) is 9.69 Å².